The first-order valence-corrected chi connectivity index (χ1v) is 27.5. The topological polar surface area (TPSA) is 283 Å². The number of carbonyl (C=O) groups is 10. The van der Waals surface area contributed by atoms with E-state index in [9.17, 15) is 57.4 Å². The average molecular weight is 1120 g/mol. The van der Waals surface area contributed by atoms with Crippen LogP contribution in [0.1, 0.15) is 117 Å². The first-order chi connectivity index (χ1) is 37.4. The molecule has 3 aromatic rings. The second kappa shape index (κ2) is 31.2. The van der Waals surface area contributed by atoms with Gasteiger partial charge in [0, 0.05) is 99.3 Å². The standard InChI is InChI=1S/C56H74F2N8O12S/c1-35(2)51(63-45(68)16-11-8-12-27-65-47(70)20-21-48(65)71)54(76)61-36(3)53(75)60-25-13-28-66(49(72)34-79-29-24-44(67)59-26-23-46(69)62-42(55(77)78)19-22-50(73)74)52(56(4,5)6)43-30-38(40-31-39(57)17-18-41(40)58)33-64(43)32-37-14-9-7-10-15-37/h7,9-10,14-15,17-18,20-21,30-31,33,35-36,42,51-52H,8,11-13,16,19,22-29,32,34H2,1-6H3,(H,59,67)(H,60,75)(H,61,76)(H,62,69)(H,63,68)(H,73,74)(H,77,78). The van der Waals surface area contributed by atoms with Crippen LogP contribution in [0.4, 0.5) is 8.78 Å². The van der Waals surface area contributed by atoms with Gasteiger partial charge in [0.15, 0.2) is 0 Å². The fraction of sp³-hybridized carbons (Fsp3) is 0.500. The Balaban J connectivity index is 1.45. The average Bonchev–Trinajstić information content (AvgIpc) is 3.99. The van der Waals surface area contributed by atoms with Gasteiger partial charge in [0.25, 0.3) is 11.8 Å². The Kier molecular flexibility index (Phi) is 25.3. The maximum Gasteiger partial charge on any atom is 0.326 e. The van der Waals surface area contributed by atoms with E-state index in [1.54, 1.807) is 31.0 Å². The van der Waals surface area contributed by atoms with Crippen LogP contribution in [0.15, 0.2) is 72.9 Å². The quantitative estimate of drug-likeness (QED) is 0.0309. The van der Waals surface area contributed by atoms with Crippen LogP contribution in [0.2, 0.25) is 0 Å². The summed E-state index contributed by atoms with van der Waals surface area (Å²) in [6.45, 7) is 11.4. The van der Waals surface area contributed by atoms with Gasteiger partial charge >= 0.3 is 11.9 Å². The van der Waals surface area contributed by atoms with E-state index in [0.29, 0.717) is 37.1 Å². The second-order valence-electron chi connectivity index (χ2n) is 20.7. The molecule has 2 aromatic carbocycles. The van der Waals surface area contributed by atoms with Crippen LogP contribution in [-0.2, 0) is 54.5 Å². The molecule has 4 rings (SSSR count). The van der Waals surface area contributed by atoms with E-state index in [4.69, 9.17) is 5.11 Å². The summed E-state index contributed by atoms with van der Waals surface area (Å²) >= 11 is 1.18. The van der Waals surface area contributed by atoms with Crippen LogP contribution in [0.3, 0.4) is 0 Å². The summed E-state index contributed by atoms with van der Waals surface area (Å²) in [5, 5.41) is 31.3. The SMILES string of the molecule is CC(NC(=O)C(NC(=O)CCCCCN1C(=O)C=CC1=O)C(C)C)C(=O)NCCCN(C(=O)CSCCC(=O)NCCC(=O)NC(CCC(=O)O)C(=O)O)C(c1cc(-c2cc(F)ccc2F)cn1Cc1ccccc1)C(C)(C)C. The van der Waals surface area contributed by atoms with Gasteiger partial charge in [-0.3, -0.25) is 48.1 Å². The van der Waals surface area contributed by atoms with Crippen molar-refractivity contribution >= 4 is 71.0 Å². The molecule has 0 radical (unpaired) electrons. The molecule has 1 aliphatic rings. The summed E-state index contributed by atoms with van der Waals surface area (Å²) in [6, 6.07) is 10.3. The van der Waals surface area contributed by atoms with Gasteiger partial charge in [-0.05, 0) is 73.8 Å². The molecule has 0 saturated carbocycles. The number of nitrogens with zero attached hydrogens (tertiary/aromatic N) is 3. The van der Waals surface area contributed by atoms with Crippen LogP contribution in [0.5, 0.6) is 0 Å². The number of aliphatic carboxylic acids is 2. The Hall–Kier alpha value is -7.43. The molecule has 2 heterocycles. The minimum Gasteiger partial charge on any atom is -0.481 e. The first-order valence-electron chi connectivity index (χ1n) is 26.3. The maximum atomic E-state index is 15.4. The van der Waals surface area contributed by atoms with Crippen molar-refractivity contribution in [3.8, 4) is 11.1 Å². The molecule has 4 unspecified atom stereocenters. The highest BCUT2D eigenvalue weighted by molar-refractivity contribution is 7.99. The van der Waals surface area contributed by atoms with Crippen molar-refractivity contribution in [2.45, 2.75) is 130 Å². The fourth-order valence-electron chi connectivity index (χ4n) is 8.76. The number of carbonyl (C=O) groups excluding carboxylic acids is 8. The molecule has 0 spiro atoms. The Morgan fingerprint density at radius 1 is 0.734 bits per heavy atom. The lowest BCUT2D eigenvalue weighted by molar-refractivity contribution is -0.143. The number of carboxylic acids is 2. The highest BCUT2D eigenvalue weighted by Crippen LogP contribution is 2.41. The van der Waals surface area contributed by atoms with Gasteiger partial charge in [-0.25, -0.2) is 13.6 Å². The van der Waals surface area contributed by atoms with Gasteiger partial charge in [0.2, 0.25) is 35.4 Å². The number of hydrogen-bond donors (Lipinski definition) is 7. The Labute approximate surface area is 463 Å². The van der Waals surface area contributed by atoms with Crippen LogP contribution < -0.4 is 26.6 Å². The molecular weight excluding hydrogens is 1050 g/mol. The minimum absolute atomic E-state index is 0.0251. The fourth-order valence-corrected chi connectivity index (χ4v) is 9.57. The van der Waals surface area contributed by atoms with Crippen molar-refractivity contribution in [2.24, 2.45) is 11.3 Å². The molecule has 20 nitrogen and oxygen atoms in total. The highest BCUT2D eigenvalue weighted by atomic mass is 32.2. The number of nitrogens with one attached hydrogen (secondary N) is 5. The molecule has 430 valence electrons. The van der Waals surface area contributed by atoms with Crippen molar-refractivity contribution in [2.75, 3.05) is 37.7 Å². The summed E-state index contributed by atoms with van der Waals surface area (Å²) in [6.07, 6.45) is 4.94. The van der Waals surface area contributed by atoms with Crippen LogP contribution in [0, 0.1) is 23.0 Å². The van der Waals surface area contributed by atoms with Crippen molar-refractivity contribution in [3.05, 3.63) is 95.8 Å². The van der Waals surface area contributed by atoms with Gasteiger partial charge < -0.3 is 46.3 Å². The molecule has 23 heteroatoms. The monoisotopic (exact) mass is 1120 g/mol. The van der Waals surface area contributed by atoms with Gasteiger partial charge in [0.05, 0.1) is 11.8 Å². The number of carboxylic acid groups (broad SMARTS) is 2. The minimum atomic E-state index is -1.41. The third kappa shape index (κ3) is 21.0. The lowest BCUT2D eigenvalue weighted by Gasteiger charge is -2.41. The lowest BCUT2D eigenvalue weighted by Crippen LogP contribution is -2.54. The summed E-state index contributed by atoms with van der Waals surface area (Å²) in [5.41, 5.74) is 1.22. The number of amides is 8. The molecule has 0 bridgehead atoms. The summed E-state index contributed by atoms with van der Waals surface area (Å²) in [5.74, 6) is -7.79. The Morgan fingerprint density at radius 3 is 2.06 bits per heavy atom. The third-order valence-electron chi connectivity index (χ3n) is 12.8. The van der Waals surface area contributed by atoms with E-state index < -0.39 is 83.2 Å². The van der Waals surface area contributed by atoms with Gasteiger partial charge in [-0.15, -0.1) is 0 Å². The van der Waals surface area contributed by atoms with E-state index >= 15 is 4.39 Å². The van der Waals surface area contributed by atoms with E-state index in [-0.39, 0.29) is 105 Å². The second-order valence-corrected chi connectivity index (χ2v) is 21.8. The van der Waals surface area contributed by atoms with E-state index in [1.807, 2.05) is 55.7 Å². The molecule has 0 aliphatic carbocycles. The molecule has 1 aromatic heterocycles. The smallest absolute Gasteiger partial charge is 0.326 e. The van der Waals surface area contributed by atoms with Crippen molar-refractivity contribution < 1.29 is 66.9 Å². The van der Waals surface area contributed by atoms with Crippen molar-refractivity contribution in [1.82, 2.24) is 41.0 Å². The Morgan fingerprint density at radius 2 is 1.42 bits per heavy atom. The number of benzene rings is 2. The molecule has 4 atom stereocenters. The highest BCUT2D eigenvalue weighted by Gasteiger charge is 2.37. The first kappa shape index (κ1) is 64.1. The summed E-state index contributed by atoms with van der Waals surface area (Å²) in [4.78, 5) is 128. The predicted octanol–water partition coefficient (Wildman–Crippen LogP) is 5.10. The predicted molar refractivity (Wildman–Crippen MR) is 292 cm³/mol. The van der Waals surface area contributed by atoms with E-state index in [0.717, 1.165) is 28.7 Å². The number of halogens is 2. The molecule has 7 N–H and O–H groups in total. The van der Waals surface area contributed by atoms with Crippen molar-refractivity contribution in [1.29, 1.82) is 0 Å². The maximum absolute atomic E-state index is 15.4. The summed E-state index contributed by atoms with van der Waals surface area (Å²) < 4.78 is 32.0. The molecule has 1 aliphatic heterocycles. The van der Waals surface area contributed by atoms with Gasteiger partial charge in [-0.2, -0.15) is 11.8 Å². The van der Waals surface area contributed by atoms with E-state index in [1.165, 1.54) is 30.8 Å². The lowest BCUT2D eigenvalue weighted by atomic mass is 9.83. The zero-order chi connectivity index (χ0) is 58.4. The largest absolute Gasteiger partial charge is 0.481 e. The number of imide groups is 1. The molecular formula is C56H74F2N8O12S. The molecule has 79 heavy (non-hydrogen) atoms. The number of aromatic nitrogens is 1. The van der Waals surface area contributed by atoms with E-state index in [2.05, 4.69) is 26.6 Å². The van der Waals surface area contributed by atoms with Crippen molar-refractivity contribution in [3.63, 3.8) is 0 Å². The van der Waals surface area contributed by atoms with Gasteiger partial charge in [-0.1, -0.05) is 71.4 Å². The third-order valence-corrected chi connectivity index (χ3v) is 13.8. The number of thioether (sulfide) groups is 1. The van der Waals surface area contributed by atoms with Crippen LogP contribution in [-0.4, -0.2) is 140 Å². The Bertz CT molecular complexity index is 2660. The summed E-state index contributed by atoms with van der Waals surface area (Å²) in [7, 11) is 0. The number of unbranched alkanes of at least 4 members (excludes halogenated alkanes) is 2. The van der Waals surface area contributed by atoms with Crippen LogP contribution >= 0.6 is 11.8 Å². The van der Waals surface area contributed by atoms with Gasteiger partial charge in [0.1, 0.15) is 29.8 Å². The number of rotatable bonds is 33. The normalized spacial score (nSPS) is 13.8. The zero-order valence-electron chi connectivity index (χ0n) is 45.6. The van der Waals surface area contributed by atoms with Crippen LogP contribution in [0.25, 0.3) is 11.1 Å². The number of hydrogen-bond acceptors (Lipinski definition) is 11. The molecule has 0 fully saturated rings. The molecule has 0 saturated heterocycles. The zero-order valence-corrected chi connectivity index (χ0v) is 46.4. The molecule has 8 amide bonds.